The molecular formula is C30H36F3NO3Si. The third-order valence-corrected chi connectivity index (χ3v) is 12.6. The molecule has 3 N–H and O–H groups in total. The Morgan fingerprint density at radius 3 is 1.89 bits per heavy atom. The molecule has 4 atom stereocenters. The monoisotopic (exact) mass is 543 g/mol. The summed E-state index contributed by atoms with van der Waals surface area (Å²) in [6, 6.07) is 24.8. The van der Waals surface area contributed by atoms with Crippen molar-refractivity contribution in [3.05, 3.63) is 96.3 Å². The summed E-state index contributed by atoms with van der Waals surface area (Å²) >= 11 is 0. The lowest BCUT2D eigenvalue weighted by atomic mass is 9.74. The van der Waals surface area contributed by atoms with Crippen LogP contribution < -0.4 is 16.1 Å². The van der Waals surface area contributed by atoms with Gasteiger partial charge in [-0.05, 0) is 28.4 Å². The van der Waals surface area contributed by atoms with E-state index < -0.39 is 55.4 Å². The van der Waals surface area contributed by atoms with Crippen molar-refractivity contribution >= 4 is 18.7 Å². The van der Waals surface area contributed by atoms with Gasteiger partial charge in [0.25, 0.3) is 14.2 Å². The predicted octanol–water partition coefficient (Wildman–Crippen LogP) is 4.59. The molecule has 0 aliphatic carbocycles. The number of hydrogen-bond acceptors (Lipinski definition) is 4. The summed E-state index contributed by atoms with van der Waals surface area (Å²) in [5, 5.41) is 12.0. The molecule has 0 amide bonds. The van der Waals surface area contributed by atoms with E-state index in [1.165, 1.54) is 25.1 Å². The van der Waals surface area contributed by atoms with Crippen molar-refractivity contribution in [1.82, 2.24) is 0 Å². The first-order valence-electron chi connectivity index (χ1n) is 12.8. The molecule has 0 saturated carbocycles. The number of halogens is 3. The topological polar surface area (TPSA) is 64.7 Å². The Kier molecular flexibility index (Phi) is 7.94. The zero-order valence-electron chi connectivity index (χ0n) is 22.2. The predicted molar refractivity (Wildman–Crippen MR) is 146 cm³/mol. The summed E-state index contributed by atoms with van der Waals surface area (Å²) in [6.07, 6.45) is -3.07. The van der Waals surface area contributed by atoms with Gasteiger partial charge in [0.1, 0.15) is 18.5 Å². The highest BCUT2D eigenvalue weighted by atomic mass is 28.4. The Morgan fingerprint density at radius 2 is 1.39 bits per heavy atom. The molecule has 1 heterocycles. The van der Waals surface area contributed by atoms with Gasteiger partial charge in [-0.1, -0.05) is 99.6 Å². The van der Waals surface area contributed by atoms with Crippen LogP contribution in [0.3, 0.4) is 0 Å². The van der Waals surface area contributed by atoms with Crippen LogP contribution in [0.25, 0.3) is 0 Å². The van der Waals surface area contributed by atoms with E-state index in [1.807, 2.05) is 81.4 Å². The van der Waals surface area contributed by atoms with Gasteiger partial charge in [0.15, 0.2) is 0 Å². The summed E-state index contributed by atoms with van der Waals surface area (Å²) in [6.45, 7) is 6.20. The average Bonchev–Trinajstić information content (AvgIpc) is 3.28. The molecule has 0 aromatic heterocycles. The number of benzene rings is 3. The molecule has 38 heavy (non-hydrogen) atoms. The Bertz CT molecular complexity index is 1180. The fourth-order valence-corrected chi connectivity index (χ4v) is 10.4. The summed E-state index contributed by atoms with van der Waals surface area (Å²) in [5.41, 5.74) is 4.94. The van der Waals surface area contributed by atoms with Crippen molar-refractivity contribution in [1.29, 1.82) is 0 Å². The van der Waals surface area contributed by atoms with Crippen molar-refractivity contribution in [3.63, 3.8) is 0 Å². The van der Waals surface area contributed by atoms with E-state index >= 15 is 8.78 Å². The van der Waals surface area contributed by atoms with Crippen LogP contribution in [0.2, 0.25) is 5.04 Å². The fraction of sp³-hybridized carbons (Fsp3) is 0.400. The largest absolute Gasteiger partial charge is 0.401 e. The third-order valence-electron chi connectivity index (χ3n) is 7.65. The molecule has 0 bridgehead atoms. The van der Waals surface area contributed by atoms with E-state index in [2.05, 4.69) is 0 Å². The van der Waals surface area contributed by atoms with E-state index in [4.69, 9.17) is 14.9 Å². The molecule has 0 radical (unpaired) electrons. The van der Waals surface area contributed by atoms with E-state index in [0.717, 1.165) is 10.4 Å². The van der Waals surface area contributed by atoms with E-state index in [0.29, 0.717) is 0 Å². The normalized spacial score (nSPS) is 22.3. The first-order valence-corrected chi connectivity index (χ1v) is 14.7. The molecule has 204 valence electrons. The van der Waals surface area contributed by atoms with Crippen LogP contribution in [-0.4, -0.2) is 44.8 Å². The van der Waals surface area contributed by atoms with Crippen molar-refractivity contribution in [3.8, 4) is 0 Å². The Balaban J connectivity index is 1.73. The molecule has 4 nitrogen and oxygen atoms in total. The zero-order valence-corrected chi connectivity index (χ0v) is 23.2. The molecule has 1 aliphatic heterocycles. The fourth-order valence-electron chi connectivity index (χ4n) is 5.84. The first-order chi connectivity index (χ1) is 17.8. The zero-order chi connectivity index (χ0) is 27.8. The van der Waals surface area contributed by atoms with Crippen LogP contribution in [-0.2, 0) is 14.7 Å². The number of rotatable bonds is 8. The molecule has 4 rings (SSSR count). The highest BCUT2D eigenvalue weighted by Gasteiger charge is 2.59. The number of nitrogens with two attached hydrogens (primary N) is 1. The summed E-state index contributed by atoms with van der Waals surface area (Å²) < 4.78 is 59.0. The number of aliphatic hydroxyl groups is 1. The SMILES string of the molecule is CC(C)(C)[Si](OCC(F)(F)[C@@H]1OC[C@@H](O)[C@H]1[C@](C)(N)c1ccccc1F)(c1ccccc1)c1ccccc1. The summed E-state index contributed by atoms with van der Waals surface area (Å²) in [4.78, 5) is 0. The maximum absolute atomic E-state index is 16.2. The van der Waals surface area contributed by atoms with Crippen molar-refractivity contribution in [2.45, 2.75) is 56.4 Å². The van der Waals surface area contributed by atoms with Crippen LogP contribution in [0.1, 0.15) is 33.3 Å². The Labute approximate surface area is 223 Å². The minimum absolute atomic E-state index is 0.0447. The average molecular weight is 544 g/mol. The van der Waals surface area contributed by atoms with Gasteiger partial charge in [0.05, 0.1) is 12.7 Å². The van der Waals surface area contributed by atoms with Crippen molar-refractivity contribution in [2.75, 3.05) is 13.2 Å². The van der Waals surface area contributed by atoms with Crippen LogP contribution in [0.15, 0.2) is 84.9 Å². The molecule has 1 saturated heterocycles. The molecule has 8 heteroatoms. The van der Waals surface area contributed by atoms with Gasteiger partial charge in [-0.25, -0.2) is 13.2 Å². The minimum atomic E-state index is -3.53. The molecule has 3 aromatic rings. The maximum Gasteiger partial charge on any atom is 0.295 e. The van der Waals surface area contributed by atoms with Gasteiger partial charge in [0, 0.05) is 17.0 Å². The molecule has 3 aromatic carbocycles. The van der Waals surface area contributed by atoms with Gasteiger partial charge in [-0.3, -0.25) is 0 Å². The smallest absolute Gasteiger partial charge is 0.295 e. The van der Waals surface area contributed by atoms with Crippen molar-refractivity contribution in [2.24, 2.45) is 11.7 Å². The van der Waals surface area contributed by atoms with E-state index in [-0.39, 0.29) is 12.2 Å². The lowest BCUT2D eigenvalue weighted by Crippen LogP contribution is -2.68. The Morgan fingerprint density at radius 1 is 0.895 bits per heavy atom. The maximum atomic E-state index is 16.2. The van der Waals surface area contributed by atoms with Gasteiger partial charge in [-0.15, -0.1) is 0 Å². The van der Waals surface area contributed by atoms with Crippen LogP contribution >= 0.6 is 0 Å². The lowest BCUT2D eigenvalue weighted by molar-refractivity contribution is -0.157. The molecule has 1 fully saturated rings. The first kappa shape index (κ1) is 28.5. The quantitative estimate of drug-likeness (QED) is 0.408. The van der Waals surface area contributed by atoms with E-state index in [1.54, 1.807) is 6.07 Å². The summed E-state index contributed by atoms with van der Waals surface area (Å²) in [5.74, 6) is -5.42. The highest BCUT2D eigenvalue weighted by molar-refractivity contribution is 6.99. The molecule has 0 unspecified atom stereocenters. The minimum Gasteiger partial charge on any atom is -0.401 e. The second-order valence-corrected chi connectivity index (χ2v) is 15.6. The Hall–Kier alpha value is -2.49. The van der Waals surface area contributed by atoms with Gasteiger partial charge in [0.2, 0.25) is 0 Å². The van der Waals surface area contributed by atoms with Gasteiger partial charge < -0.3 is 20.0 Å². The summed E-state index contributed by atoms with van der Waals surface area (Å²) in [7, 11) is -3.26. The lowest BCUT2D eigenvalue weighted by Gasteiger charge is -2.45. The number of hydrogen-bond donors (Lipinski definition) is 2. The van der Waals surface area contributed by atoms with Gasteiger partial charge >= 0.3 is 0 Å². The molecule has 1 aliphatic rings. The van der Waals surface area contributed by atoms with Crippen LogP contribution in [0, 0.1) is 11.7 Å². The van der Waals surface area contributed by atoms with E-state index in [9.17, 15) is 9.50 Å². The molecule has 0 spiro atoms. The van der Waals surface area contributed by atoms with Crippen LogP contribution in [0.5, 0.6) is 0 Å². The van der Waals surface area contributed by atoms with Crippen molar-refractivity contribution < 1.29 is 27.4 Å². The molecular weight excluding hydrogens is 507 g/mol. The number of alkyl halides is 2. The number of aliphatic hydroxyl groups excluding tert-OH is 1. The van der Waals surface area contributed by atoms with Crippen LogP contribution in [0.4, 0.5) is 13.2 Å². The van der Waals surface area contributed by atoms with Gasteiger partial charge in [-0.2, -0.15) is 0 Å². The standard InChI is InChI=1S/C30H36F3NO3Si/c1-28(2,3)38(21-13-7-5-8-14-21,22-15-9-6-10-16-22)37-20-30(32,33)27-26(25(35)19-36-27)29(4,34)23-17-11-12-18-24(23)31/h5-18,25-27,35H,19-20,34H2,1-4H3/t25-,26-,27-,29-/m1/s1. The third kappa shape index (κ3) is 5.08. The second-order valence-electron chi connectivity index (χ2n) is 11.3. The number of ether oxygens (including phenoxy) is 1. The highest BCUT2D eigenvalue weighted by Crippen LogP contribution is 2.45. The second kappa shape index (κ2) is 10.6.